The maximum Gasteiger partial charge on any atom is 0.0940 e. The third-order valence-corrected chi connectivity index (χ3v) is 1.00. The van der Waals surface area contributed by atoms with E-state index in [1.54, 1.807) is 0 Å². The second-order valence-electron chi connectivity index (χ2n) is 2.35. The number of ether oxygens (including phenoxy) is 1. The molecule has 0 amide bonds. The van der Waals surface area contributed by atoms with Crippen LogP contribution in [0.4, 0.5) is 0 Å². The van der Waals surface area contributed by atoms with Gasteiger partial charge in [0.2, 0.25) is 0 Å². The van der Waals surface area contributed by atoms with Crippen molar-refractivity contribution in [1.82, 2.24) is 5.64 Å². The third-order valence-electron chi connectivity index (χ3n) is 1.00. The summed E-state index contributed by atoms with van der Waals surface area (Å²) in [7, 11) is 0. The first-order chi connectivity index (χ1) is 7.83. The van der Waals surface area contributed by atoms with Crippen LogP contribution in [0.5, 0.6) is 0 Å². The Morgan fingerprint density at radius 3 is 1.69 bits per heavy atom. The molecule has 16 heavy (non-hydrogen) atoms. The maximum absolute atomic E-state index is 8.15. The van der Waals surface area contributed by atoms with Crippen LogP contribution >= 0.6 is 0 Å². The van der Waals surface area contributed by atoms with Gasteiger partial charge in [-0.15, -0.1) is 0 Å². The van der Waals surface area contributed by atoms with Crippen molar-refractivity contribution in [3.63, 3.8) is 0 Å². The van der Waals surface area contributed by atoms with E-state index < -0.39 is 0 Å². The maximum atomic E-state index is 8.15. The number of aliphatic hydroxyl groups is 3. The Morgan fingerprint density at radius 2 is 1.31 bits per heavy atom. The quantitative estimate of drug-likeness (QED) is 0.208. The Morgan fingerprint density at radius 1 is 0.812 bits per heavy atom. The molecule has 0 saturated heterocycles. The number of nitrogens with two attached hydrogens (primary N) is 1. The van der Waals surface area contributed by atoms with Crippen LogP contribution in [0.2, 0.25) is 0 Å². The molecule has 0 spiro atoms. The van der Waals surface area contributed by atoms with E-state index in [1.165, 1.54) is 0 Å². The molecule has 0 aliphatic heterocycles. The molecule has 0 unspecified atom stereocenters. The zero-order valence-corrected chi connectivity index (χ0v) is 9.30. The largest absolute Gasteiger partial charge is 0.394 e. The van der Waals surface area contributed by atoms with Crippen LogP contribution in [-0.4, -0.2) is 68.1 Å². The van der Waals surface area contributed by atoms with Crippen LogP contribution in [0.15, 0.2) is 0 Å². The summed E-state index contributed by atoms with van der Waals surface area (Å²) in [6.45, 7) is 1.78. The van der Waals surface area contributed by atoms with E-state index in [1.807, 2.05) is 0 Å². The molecule has 0 atom stereocenters. The second kappa shape index (κ2) is 20.1. The van der Waals surface area contributed by atoms with Crippen LogP contribution in [0.1, 0.15) is 0 Å². The van der Waals surface area contributed by atoms with Crippen molar-refractivity contribution >= 4 is 0 Å². The first-order valence-electron chi connectivity index (χ1n) is 4.92. The molecule has 0 aliphatic carbocycles. The summed E-state index contributed by atoms with van der Waals surface area (Å²) >= 11 is 0. The van der Waals surface area contributed by atoms with Crippen molar-refractivity contribution in [1.29, 1.82) is 0 Å². The van der Waals surface area contributed by atoms with Gasteiger partial charge in [-0.3, -0.25) is 9.68 Å². The molecular weight excluding hydrogens is 220 g/mol. The molecule has 0 rings (SSSR count). The van der Waals surface area contributed by atoms with Gasteiger partial charge in [-0.25, -0.2) is 0 Å². The normalized spacial score (nSPS) is 9.75. The Bertz CT molecular complexity index is 98.5. The predicted molar refractivity (Wildman–Crippen MR) is 56.2 cm³/mol. The van der Waals surface area contributed by atoms with Gasteiger partial charge in [-0.1, -0.05) is 5.64 Å². The van der Waals surface area contributed by atoms with Crippen LogP contribution in [0.25, 0.3) is 0 Å². The predicted octanol–water partition coefficient (Wildman–Crippen LogP) is -2.62. The third kappa shape index (κ3) is 23.5. The van der Waals surface area contributed by atoms with Crippen molar-refractivity contribution in [2.24, 2.45) is 5.73 Å². The molecular formula is C8H22N2O6. The lowest BCUT2D eigenvalue weighted by Gasteiger charge is -2.01. The van der Waals surface area contributed by atoms with Crippen LogP contribution < -0.4 is 11.4 Å². The topological polar surface area (TPSA) is 126 Å². The number of rotatable bonds is 10. The molecule has 0 aromatic carbocycles. The fourth-order valence-corrected chi connectivity index (χ4v) is 0.466. The lowest BCUT2D eigenvalue weighted by Crippen LogP contribution is -2.19. The van der Waals surface area contributed by atoms with E-state index >= 15 is 0 Å². The van der Waals surface area contributed by atoms with Gasteiger partial charge in [0.1, 0.15) is 0 Å². The summed E-state index contributed by atoms with van der Waals surface area (Å²) in [4.78, 5) is 8.90. The van der Waals surface area contributed by atoms with Crippen molar-refractivity contribution in [3.8, 4) is 0 Å². The molecule has 0 heterocycles. The average Bonchev–Trinajstić information content (AvgIpc) is 2.31. The molecule has 8 heteroatoms. The van der Waals surface area contributed by atoms with Crippen molar-refractivity contribution in [2.45, 2.75) is 0 Å². The lowest BCUT2D eigenvalue weighted by molar-refractivity contribution is -0.178. The number of hydrogen-bond acceptors (Lipinski definition) is 8. The van der Waals surface area contributed by atoms with Crippen LogP contribution in [0, 0.1) is 0 Å². The molecule has 0 aliphatic rings. The number of nitrogens with one attached hydrogen (secondary N) is 1. The Labute approximate surface area is 94.8 Å². The monoisotopic (exact) mass is 242 g/mol. The fraction of sp³-hybridized carbons (Fsp3) is 1.00. The zero-order chi connectivity index (χ0) is 12.5. The van der Waals surface area contributed by atoms with E-state index in [2.05, 4.69) is 15.3 Å². The van der Waals surface area contributed by atoms with Gasteiger partial charge in [0.05, 0.1) is 46.2 Å². The standard InChI is InChI=1S/C4H11NO4.C4H11NO2/c6-1-3-8-5-9-4-2-7;5-1-3-7-4-2-6/h5-7H,1-4H2;6H,1-5H2. The molecule has 100 valence electrons. The highest BCUT2D eigenvalue weighted by Crippen LogP contribution is 1.67. The Balaban J connectivity index is 0. The van der Waals surface area contributed by atoms with Crippen LogP contribution in [-0.2, 0) is 14.4 Å². The molecule has 6 N–H and O–H groups in total. The highest BCUT2D eigenvalue weighted by atomic mass is 16.9. The van der Waals surface area contributed by atoms with Gasteiger partial charge in [0.15, 0.2) is 0 Å². The van der Waals surface area contributed by atoms with E-state index in [0.717, 1.165) is 0 Å². The van der Waals surface area contributed by atoms with E-state index in [0.29, 0.717) is 19.8 Å². The van der Waals surface area contributed by atoms with Gasteiger partial charge in [-0.05, 0) is 0 Å². The fourth-order valence-electron chi connectivity index (χ4n) is 0.466. The molecule has 0 radical (unpaired) electrons. The van der Waals surface area contributed by atoms with Gasteiger partial charge in [-0.2, -0.15) is 0 Å². The van der Waals surface area contributed by atoms with Crippen molar-refractivity contribution < 1.29 is 29.7 Å². The SMILES string of the molecule is NCCOCCO.OCCONOCCO. The highest BCUT2D eigenvalue weighted by molar-refractivity contribution is 4.28. The summed E-state index contributed by atoms with van der Waals surface area (Å²) in [5.41, 5.74) is 7.13. The minimum absolute atomic E-state index is 0.0600. The second-order valence-corrected chi connectivity index (χ2v) is 2.35. The van der Waals surface area contributed by atoms with Gasteiger partial charge in [0.25, 0.3) is 0 Å². The summed E-state index contributed by atoms with van der Waals surface area (Å²) in [6, 6.07) is 0. The molecule has 0 bridgehead atoms. The number of aliphatic hydroxyl groups excluding tert-OH is 3. The van der Waals surface area contributed by atoms with Crippen molar-refractivity contribution in [3.05, 3.63) is 0 Å². The van der Waals surface area contributed by atoms with Crippen LogP contribution in [0.3, 0.4) is 0 Å². The minimum Gasteiger partial charge on any atom is -0.394 e. The van der Waals surface area contributed by atoms with Crippen molar-refractivity contribution in [2.75, 3.05) is 52.8 Å². The molecule has 0 saturated carbocycles. The molecule has 0 aromatic heterocycles. The molecule has 0 aromatic rings. The summed E-state index contributed by atoms with van der Waals surface area (Å²) in [6.07, 6.45) is 0. The van der Waals surface area contributed by atoms with E-state index in [4.69, 9.17) is 25.8 Å². The summed E-state index contributed by atoms with van der Waals surface area (Å²) in [5.74, 6) is 0. The highest BCUT2D eigenvalue weighted by Gasteiger charge is 1.83. The smallest absolute Gasteiger partial charge is 0.0940 e. The minimum atomic E-state index is -0.0600. The Kier molecular flexibility index (Phi) is 22.7. The van der Waals surface area contributed by atoms with E-state index in [-0.39, 0.29) is 33.0 Å². The van der Waals surface area contributed by atoms with Gasteiger partial charge in [0, 0.05) is 6.54 Å². The zero-order valence-electron chi connectivity index (χ0n) is 9.30. The average molecular weight is 242 g/mol. The summed E-state index contributed by atoms with van der Waals surface area (Å²) < 4.78 is 4.76. The molecule has 0 fully saturated rings. The lowest BCUT2D eigenvalue weighted by atomic mass is 10.7. The Hall–Kier alpha value is -0.320. The first kappa shape index (κ1) is 18.1. The number of hydrogen-bond donors (Lipinski definition) is 5. The first-order valence-corrected chi connectivity index (χ1v) is 4.92. The van der Waals surface area contributed by atoms with E-state index in [9.17, 15) is 0 Å². The summed E-state index contributed by atoms with van der Waals surface area (Å²) in [5, 5.41) is 24.4. The molecule has 8 nitrogen and oxygen atoms in total. The van der Waals surface area contributed by atoms with Gasteiger partial charge >= 0.3 is 0 Å². The van der Waals surface area contributed by atoms with Gasteiger partial charge < -0.3 is 25.8 Å².